The summed E-state index contributed by atoms with van der Waals surface area (Å²) < 4.78 is 0. The second-order valence-corrected chi connectivity index (χ2v) is 12.5. The summed E-state index contributed by atoms with van der Waals surface area (Å²) >= 11 is 0. The van der Waals surface area contributed by atoms with Crippen molar-refractivity contribution in [1.82, 2.24) is 0 Å². The zero-order chi connectivity index (χ0) is 20.0. The van der Waals surface area contributed by atoms with E-state index < -0.39 is 0 Å². The molecule has 0 heteroatoms. The minimum Gasteiger partial charge on any atom is -0.0622 e. The molecule has 0 aliphatic heterocycles. The van der Waals surface area contributed by atoms with Crippen molar-refractivity contribution >= 4 is 0 Å². The number of rotatable bonds is 0. The fourth-order valence-corrected chi connectivity index (χ4v) is 9.76. The minimum atomic E-state index is 0.403. The highest BCUT2D eigenvalue weighted by Gasteiger charge is 2.75. The second kappa shape index (κ2) is 5.76. The standard InChI is InChI=1S/C26H48/c1-15-13-23(9)21(7)22(8)24(10)14-16(2)18(4)20(6)26(24,12)25(23,11)19(5)17(15)3/h15-22H,13-14H2,1-12H3/t15-,16+,17-,18+,19-,20+,21-,22+,23-,24-,25+,26+/m1/s1. The molecule has 26 heavy (non-hydrogen) atoms. The monoisotopic (exact) mass is 360 g/mol. The Morgan fingerprint density at radius 1 is 0.462 bits per heavy atom. The fourth-order valence-electron chi connectivity index (χ4n) is 9.76. The van der Waals surface area contributed by atoms with E-state index in [1.165, 1.54) is 12.8 Å². The fraction of sp³-hybridized carbons (Fsp3) is 1.00. The van der Waals surface area contributed by atoms with Crippen LogP contribution in [0.15, 0.2) is 0 Å². The summed E-state index contributed by atoms with van der Waals surface area (Å²) in [6.45, 7) is 31.6. The van der Waals surface area contributed by atoms with Crippen molar-refractivity contribution in [3.63, 3.8) is 0 Å². The van der Waals surface area contributed by atoms with E-state index in [2.05, 4.69) is 83.1 Å². The maximum absolute atomic E-state index is 2.75. The van der Waals surface area contributed by atoms with Crippen molar-refractivity contribution in [2.24, 2.45) is 69.0 Å². The summed E-state index contributed by atoms with van der Waals surface area (Å²) in [5, 5.41) is 0. The zero-order valence-electron chi connectivity index (χ0n) is 20.0. The summed E-state index contributed by atoms with van der Waals surface area (Å²) in [6, 6.07) is 0. The average Bonchev–Trinajstić information content (AvgIpc) is 2.58. The van der Waals surface area contributed by atoms with E-state index in [4.69, 9.17) is 0 Å². The van der Waals surface area contributed by atoms with Crippen LogP contribution in [-0.2, 0) is 0 Å². The highest BCUT2D eigenvalue weighted by atomic mass is 14.8. The van der Waals surface area contributed by atoms with Gasteiger partial charge < -0.3 is 0 Å². The molecule has 0 radical (unpaired) electrons. The Bertz CT molecular complexity index is 514. The van der Waals surface area contributed by atoms with Crippen LogP contribution >= 0.6 is 0 Å². The van der Waals surface area contributed by atoms with E-state index in [0.29, 0.717) is 21.7 Å². The molecule has 0 unspecified atom stereocenters. The highest BCUT2D eigenvalue weighted by Crippen LogP contribution is 2.81. The molecule has 3 aliphatic rings. The summed E-state index contributed by atoms with van der Waals surface area (Å²) in [5.41, 5.74) is 1.70. The quantitative estimate of drug-likeness (QED) is 0.411. The first-order valence-electron chi connectivity index (χ1n) is 11.7. The third-order valence-corrected chi connectivity index (χ3v) is 12.9. The van der Waals surface area contributed by atoms with Crippen LogP contribution < -0.4 is 0 Å². The Balaban J connectivity index is 2.31. The third kappa shape index (κ3) is 1.94. The Kier molecular flexibility index (Phi) is 4.59. The largest absolute Gasteiger partial charge is 0.0622 e. The van der Waals surface area contributed by atoms with Gasteiger partial charge in [0.2, 0.25) is 0 Å². The molecule has 0 nitrogen and oxygen atoms in total. The van der Waals surface area contributed by atoms with E-state index in [1.807, 2.05) is 0 Å². The molecule has 0 aromatic heterocycles. The van der Waals surface area contributed by atoms with Gasteiger partial charge in [0, 0.05) is 0 Å². The van der Waals surface area contributed by atoms with Crippen molar-refractivity contribution in [3.05, 3.63) is 0 Å². The minimum absolute atomic E-state index is 0.403. The summed E-state index contributed by atoms with van der Waals surface area (Å²) in [7, 11) is 0. The van der Waals surface area contributed by atoms with Gasteiger partial charge in [-0.15, -0.1) is 0 Å². The molecule has 0 aromatic rings. The molecule has 0 spiro atoms. The Hall–Kier alpha value is 0. The molecule has 0 aromatic carbocycles. The molecule has 0 heterocycles. The van der Waals surface area contributed by atoms with Gasteiger partial charge >= 0.3 is 0 Å². The van der Waals surface area contributed by atoms with E-state index in [-0.39, 0.29) is 0 Å². The van der Waals surface area contributed by atoms with Crippen LogP contribution in [0.4, 0.5) is 0 Å². The molecular weight excluding hydrogens is 312 g/mol. The lowest BCUT2D eigenvalue weighted by atomic mass is 9.24. The number of fused-ring (bicyclic) bond motifs is 3. The Morgan fingerprint density at radius 3 is 1.00 bits per heavy atom. The molecule has 3 saturated carbocycles. The van der Waals surface area contributed by atoms with Crippen molar-refractivity contribution in [2.75, 3.05) is 0 Å². The van der Waals surface area contributed by atoms with Crippen LogP contribution in [0.2, 0.25) is 0 Å². The van der Waals surface area contributed by atoms with Gasteiger partial charge in [0.1, 0.15) is 0 Å². The number of hydrogen-bond acceptors (Lipinski definition) is 0. The van der Waals surface area contributed by atoms with Crippen LogP contribution in [0.5, 0.6) is 0 Å². The first-order chi connectivity index (χ1) is 11.7. The van der Waals surface area contributed by atoms with Crippen molar-refractivity contribution in [2.45, 2.75) is 95.9 Å². The molecule has 0 N–H and O–H groups in total. The topological polar surface area (TPSA) is 0 Å². The molecule has 3 aliphatic carbocycles. The predicted octanol–water partition coefficient (Wildman–Crippen LogP) is 7.92. The second-order valence-electron chi connectivity index (χ2n) is 12.5. The average molecular weight is 361 g/mol. The predicted molar refractivity (Wildman–Crippen MR) is 115 cm³/mol. The first kappa shape index (κ1) is 20.7. The highest BCUT2D eigenvalue weighted by molar-refractivity contribution is 5.23. The summed E-state index contributed by atoms with van der Waals surface area (Å²) in [6.07, 6.45) is 2.84. The zero-order valence-corrected chi connectivity index (χ0v) is 20.0. The van der Waals surface area contributed by atoms with Crippen LogP contribution in [-0.4, -0.2) is 0 Å². The van der Waals surface area contributed by atoms with Gasteiger partial charge in [0.15, 0.2) is 0 Å². The van der Waals surface area contributed by atoms with Crippen LogP contribution in [0, 0.1) is 69.0 Å². The molecule has 3 fully saturated rings. The van der Waals surface area contributed by atoms with E-state index in [1.54, 1.807) is 0 Å². The van der Waals surface area contributed by atoms with Gasteiger partial charge in [0.25, 0.3) is 0 Å². The van der Waals surface area contributed by atoms with Gasteiger partial charge in [-0.25, -0.2) is 0 Å². The molecule has 0 saturated heterocycles. The maximum atomic E-state index is 2.75. The molecule has 12 atom stereocenters. The van der Waals surface area contributed by atoms with E-state index in [9.17, 15) is 0 Å². The lowest BCUT2D eigenvalue weighted by Crippen LogP contribution is -2.74. The lowest BCUT2D eigenvalue weighted by Gasteiger charge is -2.80. The van der Waals surface area contributed by atoms with E-state index in [0.717, 1.165) is 47.3 Å². The van der Waals surface area contributed by atoms with E-state index >= 15 is 0 Å². The molecule has 152 valence electrons. The Morgan fingerprint density at radius 2 is 0.731 bits per heavy atom. The summed E-state index contributed by atoms with van der Waals surface area (Å²) in [4.78, 5) is 0. The Labute approximate surface area is 165 Å². The lowest BCUT2D eigenvalue weighted by molar-refractivity contribution is -0.323. The van der Waals surface area contributed by atoms with Crippen molar-refractivity contribution < 1.29 is 0 Å². The van der Waals surface area contributed by atoms with Gasteiger partial charge in [-0.3, -0.25) is 0 Å². The van der Waals surface area contributed by atoms with Crippen molar-refractivity contribution in [3.8, 4) is 0 Å². The van der Waals surface area contributed by atoms with Crippen LogP contribution in [0.3, 0.4) is 0 Å². The smallest absolute Gasteiger partial charge is 0.0179 e. The molecule has 0 amide bonds. The van der Waals surface area contributed by atoms with Crippen LogP contribution in [0.25, 0.3) is 0 Å². The molecule has 0 bridgehead atoms. The van der Waals surface area contributed by atoms with Gasteiger partial charge in [-0.1, -0.05) is 83.1 Å². The normalized spacial score (nSPS) is 66.0. The van der Waals surface area contributed by atoms with Gasteiger partial charge in [-0.2, -0.15) is 0 Å². The van der Waals surface area contributed by atoms with Gasteiger partial charge in [-0.05, 0) is 81.8 Å². The SMILES string of the molecule is C[C@@H]1[C@H](C)C[C@]2(C)[C@H](C)[C@H](C)[C@@]3(C)C[C@H](C)[C@H](C)[C@H](C)[C@]3(C)[C@@]2(C)[C@@H]1C. The summed E-state index contributed by atoms with van der Waals surface area (Å²) in [5.74, 6) is 6.54. The number of hydrogen-bond donors (Lipinski definition) is 0. The van der Waals surface area contributed by atoms with Crippen LogP contribution in [0.1, 0.15) is 95.9 Å². The van der Waals surface area contributed by atoms with Crippen molar-refractivity contribution in [1.29, 1.82) is 0 Å². The third-order valence-electron chi connectivity index (χ3n) is 12.9. The first-order valence-corrected chi connectivity index (χ1v) is 11.7. The molecular formula is C26H48. The molecule has 3 rings (SSSR count). The van der Waals surface area contributed by atoms with Gasteiger partial charge in [0.05, 0.1) is 0 Å². The maximum Gasteiger partial charge on any atom is -0.0179 e.